The van der Waals surface area contributed by atoms with Gasteiger partial charge in [0.2, 0.25) is 5.91 Å². The minimum Gasteiger partial charge on any atom is -0.369 e. The molecule has 0 aliphatic carbocycles. The molecule has 0 aromatic carbocycles. The lowest BCUT2D eigenvalue weighted by molar-refractivity contribution is -0.119. The van der Waals surface area contributed by atoms with Crippen molar-refractivity contribution >= 4 is 5.91 Å². The maximum Gasteiger partial charge on any atom is 0.231 e. The van der Waals surface area contributed by atoms with Gasteiger partial charge >= 0.3 is 0 Å². The van der Waals surface area contributed by atoms with Crippen LogP contribution in [0.5, 0.6) is 0 Å². The number of amides is 1. The summed E-state index contributed by atoms with van der Waals surface area (Å²) in [5, 5.41) is 8.38. The topological polar surface area (TPSA) is 70.1 Å². The van der Waals surface area contributed by atoms with Gasteiger partial charge in [0.1, 0.15) is 0 Å². The van der Waals surface area contributed by atoms with Gasteiger partial charge in [-0.1, -0.05) is 13.3 Å². The monoisotopic (exact) mass is 211 g/mol. The SMILES string of the molecule is CCCCN(CCCCC#N)CC(N)=O. The number of rotatable bonds is 9. The maximum absolute atomic E-state index is 10.8. The third-order valence-electron chi connectivity index (χ3n) is 2.22. The number of carbonyl (C=O) groups excluding carboxylic acids is 1. The lowest BCUT2D eigenvalue weighted by Crippen LogP contribution is -2.35. The van der Waals surface area contributed by atoms with E-state index in [4.69, 9.17) is 11.0 Å². The van der Waals surface area contributed by atoms with Gasteiger partial charge in [0.05, 0.1) is 12.6 Å². The van der Waals surface area contributed by atoms with E-state index < -0.39 is 0 Å². The van der Waals surface area contributed by atoms with Crippen molar-refractivity contribution in [2.24, 2.45) is 5.73 Å². The number of primary amides is 1. The van der Waals surface area contributed by atoms with Gasteiger partial charge in [0.25, 0.3) is 0 Å². The van der Waals surface area contributed by atoms with Gasteiger partial charge in [-0.25, -0.2) is 0 Å². The lowest BCUT2D eigenvalue weighted by Gasteiger charge is -2.19. The standard InChI is InChI=1S/C11H21N3O/c1-2-3-8-14(10-11(13)15)9-6-4-5-7-12/h2-6,8-10H2,1H3,(H2,13,15). The van der Waals surface area contributed by atoms with Crippen molar-refractivity contribution < 1.29 is 4.79 Å². The van der Waals surface area contributed by atoms with E-state index in [1.54, 1.807) is 0 Å². The smallest absolute Gasteiger partial charge is 0.231 e. The predicted octanol–water partition coefficient (Wildman–Crippen LogP) is 1.27. The number of hydrogen-bond acceptors (Lipinski definition) is 3. The Labute approximate surface area is 92.0 Å². The first kappa shape index (κ1) is 13.9. The second-order valence-corrected chi connectivity index (χ2v) is 3.71. The van der Waals surface area contributed by atoms with E-state index in [2.05, 4.69) is 17.9 Å². The Hall–Kier alpha value is -1.08. The Kier molecular flexibility index (Phi) is 8.79. The molecular weight excluding hydrogens is 190 g/mol. The molecule has 0 atom stereocenters. The van der Waals surface area contributed by atoms with Crippen LogP contribution < -0.4 is 5.73 Å². The molecule has 4 heteroatoms. The first-order valence-electron chi connectivity index (χ1n) is 5.58. The minimum atomic E-state index is -0.272. The molecule has 0 saturated carbocycles. The summed E-state index contributed by atoms with van der Waals surface area (Å²) in [5.41, 5.74) is 5.16. The van der Waals surface area contributed by atoms with Gasteiger partial charge in [-0.2, -0.15) is 5.26 Å². The molecule has 0 rings (SSSR count). The van der Waals surface area contributed by atoms with Crippen molar-refractivity contribution in [3.8, 4) is 6.07 Å². The number of nitriles is 1. The van der Waals surface area contributed by atoms with Crippen LogP contribution in [0.25, 0.3) is 0 Å². The first-order chi connectivity index (χ1) is 7.20. The largest absolute Gasteiger partial charge is 0.369 e. The molecule has 1 amide bonds. The molecule has 86 valence electrons. The highest BCUT2D eigenvalue weighted by atomic mass is 16.1. The molecule has 0 spiro atoms. The Morgan fingerprint density at radius 1 is 1.33 bits per heavy atom. The molecule has 0 aromatic heterocycles. The molecule has 0 aliphatic rings. The van der Waals surface area contributed by atoms with Crippen LogP contribution in [0, 0.1) is 11.3 Å². The number of carbonyl (C=O) groups is 1. The molecule has 0 aliphatic heterocycles. The zero-order chi connectivity index (χ0) is 11.5. The van der Waals surface area contributed by atoms with Crippen molar-refractivity contribution in [2.45, 2.75) is 39.0 Å². The van der Waals surface area contributed by atoms with Gasteiger partial charge in [-0.05, 0) is 32.4 Å². The minimum absolute atomic E-state index is 0.272. The second kappa shape index (κ2) is 9.47. The first-order valence-corrected chi connectivity index (χ1v) is 5.58. The lowest BCUT2D eigenvalue weighted by atomic mass is 10.2. The summed E-state index contributed by atoms with van der Waals surface area (Å²) < 4.78 is 0. The fourth-order valence-electron chi connectivity index (χ4n) is 1.41. The highest BCUT2D eigenvalue weighted by Crippen LogP contribution is 2.00. The van der Waals surface area contributed by atoms with E-state index in [1.165, 1.54) is 0 Å². The van der Waals surface area contributed by atoms with Crippen molar-refractivity contribution in [1.29, 1.82) is 5.26 Å². The molecule has 0 radical (unpaired) electrons. The van der Waals surface area contributed by atoms with Gasteiger partial charge in [-0.3, -0.25) is 9.69 Å². The van der Waals surface area contributed by atoms with Crippen molar-refractivity contribution in [3.63, 3.8) is 0 Å². The van der Waals surface area contributed by atoms with E-state index in [1.807, 2.05) is 0 Å². The highest BCUT2D eigenvalue weighted by molar-refractivity contribution is 5.75. The van der Waals surface area contributed by atoms with E-state index in [-0.39, 0.29) is 5.91 Å². The van der Waals surface area contributed by atoms with Crippen molar-refractivity contribution in [3.05, 3.63) is 0 Å². The normalized spacial score (nSPS) is 10.2. The summed E-state index contributed by atoms with van der Waals surface area (Å²) in [6, 6.07) is 2.12. The maximum atomic E-state index is 10.8. The summed E-state index contributed by atoms with van der Waals surface area (Å²) in [6.45, 7) is 4.25. The molecule has 0 aromatic rings. The van der Waals surface area contributed by atoms with Gasteiger partial charge in [0.15, 0.2) is 0 Å². The van der Waals surface area contributed by atoms with Gasteiger partial charge in [-0.15, -0.1) is 0 Å². The van der Waals surface area contributed by atoms with Crippen LogP contribution in [0.1, 0.15) is 39.0 Å². The Morgan fingerprint density at radius 3 is 2.53 bits per heavy atom. The molecule has 0 heterocycles. The summed E-state index contributed by atoms with van der Waals surface area (Å²) in [6.07, 6.45) is 4.67. The highest BCUT2D eigenvalue weighted by Gasteiger charge is 2.06. The average Bonchev–Trinajstić information content (AvgIpc) is 2.19. The zero-order valence-electron chi connectivity index (χ0n) is 9.54. The van der Waals surface area contributed by atoms with Gasteiger partial charge in [0, 0.05) is 6.42 Å². The number of nitrogens with zero attached hydrogens (tertiary/aromatic N) is 2. The summed E-state index contributed by atoms with van der Waals surface area (Å²) in [5.74, 6) is -0.272. The molecular formula is C11H21N3O. The fourth-order valence-corrected chi connectivity index (χ4v) is 1.41. The van der Waals surface area contributed by atoms with Crippen molar-refractivity contribution in [2.75, 3.05) is 19.6 Å². The van der Waals surface area contributed by atoms with Crippen molar-refractivity contribution in [1.82, 2.24) is 4.90 Å². The third kappa shape index (κ3) is 9.23. The molecule has 0 bridgehead atoms. The van der Waals surface area contributed by atoms with E-state index in [0.29, 0.717) is 13.0 Å². The molecule has 2 N–H and O–H groups in total. The van der Waals surface area contributed by atoms with E-state index in [0.717, 1.165) is 38.8 Å². The van der Waals surface area contributed by atoms with Crippen LogP contribution in [0.4, 0.5) is 0 Å². The molecule has 0 saturated heterocycles. The Morgan fingerprint density at radius 2 is 2.00 bits per heavy atom. The quantitative estimate of drug-likeness (QED) is 0.584. The number of nitrogens with two attached hydrogens (primary N) is 1. The fraction of sp³-hybridized carbons (Fsp3) is 0.818. The number of unbranched alkanes of at least 4 members (excludes halogenated alkanes) is 3. The second-order valence-electron chi connectivity index (χ2n) is 3.71. The summed E-state index contributed by atoms with van der Waals surface area (Å²) in [7, 11) is 0. The molecule has 0 unspecified atom stereocenters. The Bertz CT molecular complexity index is 210. The van der Waals surface area contributed by atoms with Crippen LogP contribution >= 0.6 is 0 Å². The number of hydrogen-bond donors (Lipinski definition) is 1. The van der Waals surface area contributed by atoms with E-state index in [9.17, 15) is 4.79 Å². The van der Waals surface area contributed by atoms with Crippen LogP contribution in [0.2, 0.25) is 0 Å². The third-order valence-corrected chi connectivity index (χ3v) is 2.22. The van der Waals surface area contributed by atoms with Crippen LogP contribution in [-0.2, 0) is 4.79 Å². The van der Waals surface area contributed by atoms with Crippen LogP contribution in [-0.4, -0.2) is 30.4 Å². The molecule has 0 fully saturated rings. The van der Waals surface area contributed by atoms with Gasteiger partial charge < -0.3 is 5.73 Å². The van der Waals surface area contributed by atoms with Crippen LogP contribution in [0.15, 0.2) is 0 Å². The summed E-state index contributed by atoms with van der Waals surface area (Å²) in [4.78, 5) is 12.9. The van der Waals surface area contributed by atoms with Crippen LogP contribution in [0.3, 0.4) is 0 Å². The summed E-state index contributed by atoms with van der Waals surface area (Å²) >= 11 is 0. The zero-order valence-corrected chi connectivity index (χ0v) is 9.54. The van der Waals surface area contributed by atoms with E-state index >= 15 is 0 Å². The molecule has 4 nitrogen and oxygen atoms in total. The molecule has 15 heavy (non-hydrogen) atoms. The average molecular weight is 211 g/mol. The Balaban J connectivity index is 3.69. The predicted molar refractivity (Wildman–Crippen MR) is 60.0 cm³/mol.